The average molecular weight is 442 g/mol. The molecule has 0 saturated heterocycles. The summed E-state index contributed by atoms with van der Waals surface area (Å²) in [6, 6.07) is 13.8. The molecule has 0 aromatic heterocycles. The van der Waals surface area contributed by atoms with Crippen LogP contribution in [0.1, 0.15) is 37.9 Å². The first-order valence-corrected chi connectivity index (χ1v) is 13.3. The number of amides is 1. The summed E-state index contributed by atoms with van der Waals surface area (Å²) in [6.07, 6.45) is -0.692. The van der Waals surface area contributed by atoms with Crippen molar-refractivity contribution in [2.75, 3.05) is 13.7 Å². The van der Waals surface area contributed by atoms with E-state index in [1.165, 1.54) is 12.0 Å². The predicted molar refractivity (Wildman–Crippen MR) is 123 cm³/mol. The second kappa shape index (κ2) is 8.47. The Morgan fingerprint density at radius 1 is 1.03 bits per heavy atom. The summed E-state index contributed by atoms with van der Waals surface area (Å²) in [6.45, 7) is 10.3. The molecule has 166 valence electrons. The molecule has 0 radical (unpaired) electrons. The standard InChI is InChI=1S/C24H31NO5Si/c1-24(2,3)31(5,6)30-15-20(22(26)27)25(23(28)29-4)21-18-13-9-7-11-16(18)17-12-8-10-14-19(17)21/h7-14,20-21H,15H2,1-6H3,(H,26,27)/t20-/m0/s1. The van der Waals surface area contributed by atoms with Gasteiger partial charge in [-0.1, -0.05) is 69.3 Å². The summed E-state index contributed by atoms with van der Waals surface area (Å²) in [5.74, 6) is -1.12. The second-order valence-electron chi connectivity index (χ2n) is 9.38. The van der Waals surface area contributed by atoms with E-state index in [-0.39, 0.29) is 11.6 Å². The largest absolute Gasteiger partial charge is 0.480 e. The summed E-state index contributed by atoms with van der Waals surface area (Å²) in [7, 11) is -0.956. The fourth-order valence-electron chi connectivity index (χ4n) is 3.72. The Labute approximate surface area is 184 Å². The number of carbonyl (C=O) groups excluding carboxylic acids is 1. The van der Waals surface area contributed by atoms with Gasteiger partial charge in [-0.15, -0.1) is 0 Å². The van der Waals surface area contributed by atoms with Crippen LogP contribution in [0, 0.1) is 0 Å². The van der Waals surface area contributed by atoms with E-state index in [1.54, 1.807) is 0 Å². The normalized spacial score (nSPS) is 14.5. The molecule has 0 spiro atoms. The molecule has 2 aromatic carbocycles. The Kier molecular flexibility index (Phi) is 6.30. The maximum absolute atomic E-state index is 13.0. The number of nitrogens with zero attached hydrogens (tertiary/aromatic N) is 1. The highest BCUT2D eigenvalue weighted by Crippen LogP contribution is 2.47. The molecule has 0 heterocycles. The highest BCUT2D eigenvalue weighted by atomic mass is 28.4. The third-order valence-corrected chi connectivity index (χ3v) is 11.0. The van der Waals surface area contributed by atoms with E-state index in [0.717, 1.165) is 22.3 Å². The lowest BCUT2D eigenvalue weighted by Gasteiger charge is -2.39. The third kappa shape index (κ3) is 4.25. The number of carbonyl (C=O) groups is 2. The molecule has 1 aliphatic carbocycles. The fourth-order valence-corrected chi connectivity index (χ4v) is 4.73. The topological polar surface area (TPSA) is 76.1 Å². The fraction of sp³-hybridized carbons (Fsp3) is 0.417. The van der Waals surface area contributed by atoms with Crippen LogP contribution in [-0.4, -0.2) is 50.1 Å². The van der Waals surface area contributed by atoms with Crippen molar-refractivity contribution in [3.63, 3.8) is 0 Å². The molecule has 1 amide bonds. The van der Waals surface area contributed by atoms with Gasteiger partial charge in [-0.25, -0.2) is 9.59 Å². The van der Waals surface area contributed by atoms with Crippen LogP contribution >= 0.6 is 0 Å². The van der Waals surface area contributed by atoms with Crippen LogP contribution in [0.15, 0.2) is 48.5 Å². The van der Waals surface area contributed by atoms with Crippen molar-refractivity contribution in [3.05, 3.63) is 59.7 Å². The lowest BCUT2D eigenvalue weighted by molar-refractivity contribution is -0.144. The summed E-state index contributed by atoms with van der Waals surface area (Å²) >= 11 is 0. The van der Waals surface area contributed by atoms with E-state index < -0.39 is 32.5 Å². The molecule has 0 saturated carbocycles. The number of hydrogen-bond acceptors (Lipinski definition) is 4. The molecular weight excluding hydrogens is 410 g/mol. The van der Waals surface area contributed by atoms with Crippen LogP contribution in [0.4, 0.5) is 4.79 Å². The Bertz CT molecular complexity index is 936. The van der Waals surface area contributed by atoms with Crippen molar-refractivity contribution in [2.45, 2.75) is 51.0 Å². The molecule has 2 aromatic rings. The number of ether oxygens (including phenoxy) is 1. The molecule has 3 rings (SSSR count). The van der Waals surface area contributed by atoms with Crippen molar-refractivity contribution in [3.8, 4) is 11.1 Å². The minimum absolute atomic E-state index is 0.0846. The third-order valence-electron chi connectivity index (χ3n) is 6.49. The number of carboxylic acid groups (broad SMARTS) is 1. The number of fused-ring (bicyclic) bond motifs is 3. The molecule has 1 N–H and O–H groups in total. The van der Waals surface area contributed by atoms with Gasteiger partial charge in [0.25, 0.3) is 0 Å². The Balaban J connectivity index is 2.07. The lowest BCUT2D eigenvalue weighted by Crippen LogP contribution is -2.52. The number of carboxylic acids is 1. The molecule has 0 unspecified atom stereocenters. The molecule has 31 heavy (non-hydrogen) atoms. The van der Waals surface area contributed by atoms with E-state index in [4.69, 9.17) is 9.16 Å². The van der Waals surface area contributed by atoms with Gasteiger partial charge in [0.1, 0.15) is 0 Å². The number of aliphatic carboxylic acids is 1. The SMILES string of the molecule is COC(=O)N(C1c2ccccc2-c2ccccc21)[C@@H](CO[Si](C)(C)C(C)(C)C)C(=O)O. The zero-order valence-corrected chi connectivity index (χ0v) is 20.0. The first kappa shape index (κ1) is 23.0. The van der Waals surface area contributed by atoms with Crippen molar-refractivity contribution in [1.82, 2.24) is 4.90 Å². The molecule has 1 aliphatic rings. The Morgan fingerprint density at radius 2 is 1.52 bits per heavy atom. The van der Waals surface area contributed by atoms with E-state index in [0.29, 0.717) is 0 Å². The monoisotopic (exact) mass is 441 g/mol. The molecule has 7 heteroatoms. The zero-order chi connectivity index (χ0) is 23.0. The lowest BCUT2D eigenvalue weighted by atomic mass is 10.0. The Morgan fingerprint density at radius 3 is 1.94 bits per heavy atom. The van der Waals surface area contributed by atoms with Gasteiger partial charge in [-0.3, -0.25) is 4.90 Å². The van der Waals surface area contributed by atoms with Gasteiger partial charge in [-0.05, 0) is 40.4 Å². The minimum Gasteiger partial charge on any atom is -0.480 e. The van der Waals surface area contributed by atoms with Crippen LogP contribution < -0.4 is 0 Å². The maximum atomic E-state index is 13.0. The molecular formula is C24H31NO5Si. The van der Waals surface area contributed by atoms with Gasteiger partial charge in [-0.2, -0.15) is 0 Å². The maximum Gasteiger partial charge on any atom is 0.411 e. The summed E-state index contributed by atoms with van der Waals surface area (Å²) in [5.41, 5.74) is 3.75. The molecule has 0 fully saturated rings. The van der Waals surface area contributed by atoms with E-state index >= 15 is 0 Å². The summed E-state index contributed by atoms with van der Waals surface area (Å²) < 4.78 is 11.3. The van der Waals surface area contributed by atoms with E-state index in [9.17, 15) is 14.7 Å². The average Bonchev–Trinajstić information content (AvgIpc) is 3.04. The zero-order valence-electron chi connectivity index (χ0n) is 19.0. The number of benzene rings is 2. The van der Waals surface area contributed by atoms with Gasteiger partial charge in [0.15, 0.2) is 14.4 Å². The highest BCUT2D eigenvalue weighted by Gasteiger charge is 2.44. The van der Waals surface area contributed by atoms with E-state index in [1.807, 2.05) is 48.5 Å². The predicted octanol–water partition coefficient (Wildman–Crippen LogP) is 5.30. The number of rotatable bonds is 6. The molecule has 0 bridgehead atoms. The van der Waals surface area contributed by atoms with Gasteiger partial charge >= 0.3 is 12.1 Å². The number of methoxy groups -OCH3 is 1. The van der Waals surface area contributed by atoms with Crippen LogP contribution in [0.5, 0.6) is 0 Å². The highest BCUT2D eigenvalue weighted by molar-refractivity contribution is 6.74. The molecule has 1 atom stereocenters. The molecule has 0 aliphatic heterocycles. The van der Waals surface area contributed by atoms with E-state index in [2.05, 4.69) is 33.9 Å². The van der Waals surface area contributed by atoms with Crippen LogP contribution in [0.2, 0.25) is 18.1 Å². The summed E-state index contributed by atoms with van der Waals surface area (Å²) in [4.78, 5) is 26.7. The minimum atomic E-state index is -2.23. The van der Waals surface area contributed by atoms with Gasteiger partial charge < -0.3 is 14.3 Å². The Hall–Kier alpha value is -2.64. The molecule has 6 nitrogen and oxygen atoms in total. The van der Waals surface area contributed by atoms with Crippen molar-refractivity contribution in [1.29, 1.82) is 0 Å². The quantitative estimate of drug-likeness (QED) is 0.616. The van der Waals surface area contributed by atoms with Gasteiger partial charge in [0, 0.05) is 0 Å². The van der Waals surface area contributed by atoms with Crippen molar-refractivity contribution in [2.24, 2.45) is 0 Å². The van der Waals surface area contributed by atoms with Crippen LogP contribution in [0.3, 0.4) is 0 Å². The smallest absolute Gasteiger partial charge is 0.411 e. The number of hydrogen-bond donors (Lipinski definition) is 1. The van der Waals surface area contributed by atoms with Gasteiger partial charge in [0.2, 0.25) is 0 Å². The first-order chi connectivity index (χ1) is 14.5. The second-order valence-corrected chi connectivity index (χ2v) is 14.2. The van der Waals surface area contributed by atoms with Crippen molar-refractivity contribution >= 4 is 20.4 Å². The van der Waals surface area contributed by atoms with Gasteiger partial charge in [0.05, 0.1) is 19.8 Å². The first-order valence-electron chi connectivity index (χ1n) is 10.4. The van der Waals surface area contributed by atoms with Crippen LogP contribution in [0.25, 0.3) is 11.1 Å². The van der Waals surface area contributed by atoms with Crippen molar-refractivity contribution < 1.29 is 23.9 Å². The van der Waals surface area contributed by atoms with Crippen LogP contribution in [-0.2, 0) is 14.0 Å². The summed E-state index contributed by atoms with van der Waals surface area (Å²) in [5, 5.41) is 10.0.